The summed E-state index contributed by atoms with van der Waals surface area (Å²) in [7, 11) is -1.83. The largest absolute Gasteiger partial charge is 0.352 e. The zero-order chi connectivity index (χ0) is 14.9. The highest BCUT2D eigenvalue weighted by Gasteiger charge is 2.17. The van der Waals surface area contributed by atoms with Crippen molar-refractivity contribution in [3.63, 3.8) is 0 Å². The average Bonchev–Trinajstić information content (AvgIpc) is 2.76. The molecule has 7 heteroatoms. The van der Waals surface area contributed by atoms with Gasteiger partial charge in [0.2, 0.25) is 0 Å². The number of nitrogens with two attached hydrogens (primary N) is 1. The molecule has 1 aromatic heterocycles. The maximum absolute atomic E-state index is 12.3. The van der Waals surface area contributed by atoms with Gasteiger partial charge in [-0.25, -0.2) is 8.42 Å². The summed E-state index contributed by atoms with van der Waals surface area (Å²) >= 11 is 3.38. The van der Waals surface area contributed by atoms with E-state index >= 15 is 0 Å². The zero-order valence-corrected chi connectivity index (χ0v) is 13.6. The van der Waals surface area contributed by atoms with E-state index in [0.717, 1.165) is 15.7 Å². The van der Waals surface area contributed by atoms with Gasteiger partial charge in [0, 0.05) is 35.6 Å². The number of hydrogen-bond donors (Lipinski definition) is 2. The van der Waals surface area contributed by atoms with Gasteiger partial charge >= 0.3 is 0 Å². The predicted octanol–water partition coefficient (Wildman–Crippen LogP) is 2.36. The van der Waals surface area contributed by atoms with E-state index in [4.69, 9.17) is 5.73 Å². The second kappa shape index (κ2) is 5.59. The third-order valence-electron chi connectivity index (χ3n) is 3.03. The van der Waals surface area contributed by atoms with Crippen molar-refractivity contribution >= 4 is 31.6 Å². The molecule has 2 rings (SSSR count). The van der Waals surface area contributed by atoms with Crippen LogP contribution >= 0.6 is 15.9 Å². The molecule has 0 atom stereocenters. The molecule has 0 bridgehead atoms. The summed E-state index contributed by atoms with van der Waals surface area (Å²) in [5.41, 5.74) is 7.87. The first-order valence-electron chi connectivity index (χ1n) is 5.98. The van der Waals surface area contributed by atoms with Gasteiger partial charge in [0.1, 0.15) is 4.90 Å². The van der Waals surface area contributed by atoms with Crippen LogP contribution in [0.3, 0.4) is 0 Å². The van der Waals surface area contributed by atoms with Crippen molar-refractivity contribution in [2.75, 3.05) is 4.72 Å². The molecular formula is C13H16BrN3O2S. The number of aromatic nitrogens is 1. The maximum atomic E-state index is 12.3. The molecule has 0 saturated heterocycles. The Morgan fingerprint density at radius 2 is 2.05 bits per heavy atom. The lowest BCUT2D eigenvalue weighted by molar-refractivity contribution is 0.601. The molecule has 0 fully saturated rings. The van der Waals surface area contributed by atoms with Crippen molar-refractivity contribution in [3.8, 4) is 0 Å². The van der Waals surface area contributed by atoms with Crippen molar-refractivity contribution in [3.05, 3.63) is 46.2 Å². The molecule has 0 amide bonds. The molecule has 108 valence electrons. The van der Waals surface area contributed by atoms with Crippen LogP contribution in [0.2, 0.25) is 0 Å². The Morgan fingerprint density at radius 3 is 2.60 bits per heavy atom. The number of nitrogens with one attached hydrogen (secondary N) is 1. The van der Waals surface area contributed by atoms with Crippen LogP contribution in [0.25, 0.3) is 0 Å². The fourth-order valence-corrected chi connectivity index (χ4v) is 3.32. The van der Waals surface area contributed by atoms with Gasteiger partial charge in [0.25, 0.3) is 10.0 Å². The van der Waals surface area contributed by atoms with Gasteiger partial charge in [-0.15, -0.1) is 0 Å². The molecule has 1 heterocycles. The highest BCUT2D eigenvalue weighted by molar-refractivity contribution is 9.10. The van der Waals surface area contributed by atoms with E-state index in [1.807, 2.05) is 13.0 Å². The smallest absolute Gasteiger partial charge is 0.263 e. The number of sulfonamides is 1. The quantitative estimate of drug-likeness (QED) is 0.881. The lowest BCUT2D eigenvalue weighted by atomic mass is 10.2. The number of aryl methyl sites for hydroxylation is 2. The van der Waals surface area contributed by atoms with Crippen LogP contribution in [0, 0.1) is 6.92 Å². The fraction of sp³-hybridized carbons (Fsp3) is 0.231. The third kappa shape index (κ3) is 3.05. The monoisotopic (exact) mass is 357 g/mol. The first-order chi connectivity index (χ1) is 9.33. The second-order valence-electron chi connectivity index (χ2n) is 4.55. The summed E-state index contributed by atoms with van der Waals surface area (Å²) < 4.78 is 29.7. The van der Waals surface area contributed by atoms with Crippen molar-refractivity contribution in [1.29, 1.82) is 0 Å². The molecule has 20 heavy (non-hydrogen) atoms. The fourth-order valence-electron chi connectivity index (χ4n) is 1.80. The molecule has 0 saturated carbocycles. The van der Waals surface area contributed by atoms with Gasteiger partial charge in [-0.1, -0.05) is 22.0 Å². The van der Waals surface area contributed by atoms with E-state index in [0.29, 0.717) is 12.2 Å². The highest BCUT2D eigenvalue weighted by Crippen LogP contribution is 2.23. The van der Waals surface area contributed by atoms with E-state index in [1.54, 1.807) is 36.0 Å². The minimum Gasteiger partial charge on any atom is -0.352 e. The van der Waals surface area contributed by atoms with Crippen molar-refractivity contribution < 1.29 is 8.42 Å². The molecular weight excluding hydrogens is 342 g/mol. The first-order valence-corrected chi connectivity index (χ1v) is 8.25. The number of benzene rings is 1. The average molecular weight is 358 g/mol. The Morgan fingerprint density at radius 1 is 1.35 bits per heavy atom. The molecule has 2 aromatic rings. The van der Waals surface area contributed by atoms with Crippen LogP contribution in [-0.2, 0) is 23.6 Å². The number of nitrogens with zero attached hydrogens (tertiary/aromatic N) is 1. The van der Waals surface area contributed by atoms with Crippen molar-refractivity contribution in [2.24, 2.45) is 12.8 Å². The van der Waals surface area contributed by atoms with Gasteiger partial charge in [0.15, 0.2) is 0 Å². The minimum atomic E-state index is -3.60. The Balaban J connectivity index is 2.32. The number of hydrogen-bond acceptors (Lipinski definition) is 3. The SMILES string of the molecule is Cc1ccc(NS(=O)(=O)c2cc(CN)n(C)c2)cc1Br. The maximum Gasteiger partial charge on any atom is 0.263 e. The minimum absolute atomic E-state index is 0.206. The summed E-state index contributed by atoms with van der Waals surface area (Å²) in [5, 5.41) is 0. The van der Waals surface area contributed by atoms with E-state index in [1.165, 1.54) is 0 Å². The van der Waals surface area contributed by atoms with E-state index < -0.39 is 10.0 Å². The predicted molar refractivity (Wildman–Crippen MR) is 83.0 cm³/mol. The lowest BCUT2D eigenvalue weighted by Gasteiger charge is -2.08. The molecule has 0 aliphatic carbocycles. The van der Waals surface area contributed by atoms with E-state index in [2.05, 4.69) is 20.7 Å². The molecule has 0 radical (unpaired) electrons. The van der Waals surface area contributed by atoms with Gasteiger partial charge in [-0.05, 0) is 30.7 Å². The number of halogens is 1. The molecule has 0 aliphatic rings. The van der Waals surface area contributed by atoms with E-state index in [9.17, 15) is 8.42 Å². The number of anilines is 1. The summed E-state index contributed by atoms with van der Waals surface area (Å²) in [6.45, 7) is 2.23. The Hall–Kier alpha value is -1.31. The normalized spacial score (nSPS) is 11.6. The topological polar surface area (TPSA) is 77.1 Å². The Kier molecular flexibility index (Phi) is 4.22. The number of rotatable bonds is 4. The second-order valence-corrected chi connectivity index (χ2v) is 7.09. The summed E-state index contributed by atoms with van der Waals surface area (Å²) in [5.74, 6) is 0. The van der Waals surface area contributed by atoms with Gasteiger partial charge in [-0.3, -0.25) is 4.72 Å². The molecule has 1 aromatic carbocycles. The van der Waals surface area contributed by atoms with Crippen molar-refractivity contribution in [2.45, 2.75) is 18.4 Å². The standard InChI is InChI=1S/C13H16BrN3O2S/c1-9-3-4-10(5-13(9)14)16-20(18,19)12-6-11(7-15)17(2)8-12/h3-6,8,16H,7,15H2,1-2H3. The Labute approximate surface area is 127 Å². The van der Waals surface area contributed by atoms with Crippen LogP contribution in [0.1, 0.15) is 11.3 Å². The van der Waals surface area contributed by atoms with Crippen molar-refractivity contribution in [1.82, 2.24) is 4.57 Å². The van der Waals surface area contributed by atoms with Crippen LogP contribution in [0.15, 0.2) is 39.8 Å². The molecule has 0 unspecified atom stereocenters. The summed E-state index contributed by atoms with van der Waals surface area (Å²) in [4.78, 5) is 0.206. The summed E-state index contributed by atoms with van der Waals surface area (Å²) in [6, 6.07) is 6.88. The van der Waals surface area contributed by atoms with Crippen LogP contribution in [0.4, 0.5) is 5.69 Å². The van der Waals surface area contributed by atoms with Crippen LogP contribution < -0.4 is 10.5 Å². The lowest BCUT2D eigenvalue weighted by Crippen LogP contribution is -2.12. The third-order valence-corrected chi connectivity index (χ3v) is 5.23. The van der Waals surface area contributed by atoms with Gasteiger partial charge < -0.3 is 10.3 Å². The van der Waals surface area contributed by atoms with Crippen LogP contribution in [0.5, 0.6) is 0 Å². The first kappa shape index (κ1) is 15.1. The van der Waals surface area contributed by atoms with Crippen LogP contribution in [-0.4, -0.2) is 13.0 Å². The van der Waals surface area contributed by atoms with Gasteiger partial charge in [0.05, 0.1) is 0 Å². The molecule has 3 N–H and O–H groups in total. The van der Waals surface area contributed by atoms with Gasteiger partial charge in [-0.2, -0.15) is 0 Å². The zero-order valence-electron chi connectivity index (χ0n) is 11.2. The molecule has 0 spiro atoms. The molecule has 0 aliphatic heterocycles. The Bertz CT molecular complexity index is 738. The molecule has 5 nitrogen and oxygen atoms in total. The highest BCUT2D eigenvalue weighted by atomic mass is 79.9. The summed E-state index contributed by atoms with van der Waals surface area (Å²) in [6.07, 6.45) is 1.55. The van der Waals surface area contributed by atoms with E-state index in [-0.39, 0.29) is 4.90 Å².